The van der Waals surface area contributed by atoms with Gasteiger partial charge in [0.25, 0.3) is 0 Å². The molecule has 2 unspecified atom stereocenters. The van der Waals surface area contributed by atoms with Crippen molar-refractivity contribution < 1.29 is 13.7 Å². The molecule has 112 valence electrons. The van der Waals surface area contributed by atoms with Gasteiger partial charge in [-0.15, -0.1) is 0 Å². The van der Waals surface area contributed by atoms with Crippen molar-refractivity contribution in [3.63, 3.8) is 0 Å². The fraction of sp³-hybridized carbons (Fsp3) is 0.533. The van der Waals surface area contributed by atoms with E-state index in [-0.39, 0.29) is 12.6 Å². The molecule has 0 aromatic heterocycles. The van der Waals surface area contributed by atoms with Crippen LogP contribution in [0.1, 0.15) is 25.0 Å². The molecule has 0 saturated heterocycles. The molecular weight excluding hydrogens is 274 g/mol. The predicted molar refractivity (Wildman–Crippen MR) is 83.5 cm³/mol. The van der Waals surface area contributed by atoms with Crippen LogP contribution in [0.2, 0.25) is 0 Å². The van der Waals surface area contributed by atoms with Crippen LogP contribution in [0.5, 0.6) is 0 Å². The maximum absolute atomic E-state index is 11.9. The van der Waals surface area contributed by atoms with Crippen LogP contribution >= 0.6 is 0 Å². The van der Waals surface area contributed by atoms with E-state index < -0.39 is 16.8 Å². The molecule has 0 heterocycles. The lowest BCUT2D eigenvalue weighted by Crippen LogP contribution is -2.30. The summed E-state index contributed by atoms with van der Waals surface area (Å²) < 4.78 is 16.0. The Labute approximate surface area is 123 Å². The average molecular weight is 297 g/mol. The smallest absolute Gasteiger partial charge is 0.328 e. The summed E-state index contributed by atoms with van der Waals surface area (Å²) in [6.07, 6.45) is 2.50. The molecule has 2 atom stereocenters. The van der Waals surface area contributed by atoms with Crippen molar-refractivity contribution in [2.75, 3.05) is 23.9 Å². The Bertz CT molecular complexity index is 488. The number of hydrogen-bond donors (Lipinski definition) is 1. The van der Waals surface area contributed by atoms with E-state index in [4.69, 9.17) is 4.74 Å². The molecule has 0 spiro atoms. The van der Waals surface area contributed by atoms with Crippen LogP contribution in [-0.4, -0.2) is 34.8 Å². The van der Waals surface area contributed by atoms with Gasteiger partial charge in [-0.2, -0.15) is 0 Å². The number of ether oxygens (including phenoxy) is 1. The molecule has 0 radical (unpaired) electrons. The molecule has 0 aliphatic carbocycles. The highest BCUT2D eigenvalue weighted by Gasteiger charge is 2.16. The molecule has 0 amide bonds. The first-order valence-corrected chi connectivity index (χ1v) is 8.50. The first-order valence-electron chi connectivity index (χ1n) is 6.77. The van der Waals surface area contributed by atoms with E-state index in [9.17, 15) is 9.00 Å². The minimum absolute atomic E-state index is 0.197. The largest absolute Gasteiger partial charge is 0.463 e. The summed E-state index contributed by atoms with van der Waals surface area (Å²) in [5.41, 5.74) is 3.29. The molecule has 4 nitrogen and oxygen atoms in total. The van der Waals surface area contributed by atoms with Crippen molar-refractivity contribution in [2.45, 2.75) is 33.2 Å². The van der Waals surface area contributed by atoms with E-state index in [0.717, 1.165) is 17.7 Å². The Balaban J connectivity index is 2.63. The number of rotatable bonds is 7. The maximum atomic E-state index is 11.9. The van der Waals surface area contributed by atoms with Crippen LogP contribution < -0.4 is 5.32 Å². The van der Waals surface area contributed by atoms with Gasteiger partial charge in [0.15, 0.2) is 0 Å². The Morgan fingerprint density at radius 3 is 2.75 bits per heavy atom. The molecule has 1 N–H and O–H groups in total. The van der Waals surface area contributed by atoms with Crippen LogP contribution in [0.15, 0.2) is 18.2 Å². The third-order valence-electron chi connectivity index (χ3n) is 3.07. The van der Waals surface area contributed by atoms with E-state index in [1.54, 1.807) is 13.2 Å². The first-order chi connectivity index (χ1) is 9.45. The molecule has 1 aromatic rings. The number of benzene rings is 1. The van der Waals surface area contributed by atoms with Gasteiger partial charge in [-0.1, -0.05) is 25.1 Å². The Kier molecular flexibility index (Phi) is 6.71. The van der Waals surface area contributed by atoms with Gasteiger partial charge in [-0.3, -0.25) is 4.21 Å². The fourth-order valence-electron chi connectivity index (χ4n) is 1.89. The number of anilines is 1. The molecular formula is C15H23NO3S. The van der Waals surface area contributed by atoms with Gasteiger partial charge in [0.2, 0.25) is 0 Å². The molecule has 0 bridgehead atoms. The third kappa shape index (κ3) is 4.96. The van der Waals surface area contributed by atoms with Crippen molar-refractivity contribution in [1.82, 2.24) is 0 Å². The van der Waals surface area contributed by atoms with E-state index in [2.05, 4.69) is 12.2 Å². The molecule has 0 saturated carbocycles. The van der Waals surface area contributed by atoms with Crippen LogP contribution in [0.4, 0.5) is 5.69 Å². The quantitative estimate of drug-likeness (QED) is 0.785. The Morgan fingerprint density at radius 1 is 1.45 bits per heavy atom. The Morgan fingerprint density at radius 2 is 2.15 bits per heavy atom. The molecule has 0 aliphatic rings. The van der Waals surface area contributed by atoms with E-state index in [1.807, 2.05) is 25.1 Å². The molecule has 5 heteroatoms. The highest BCUT2D eigenvalue weighted by molar-refractivity contribution is 7.84. The molecule has 1 rings (SSSR count). The summed E-state index contributed by atoms with van der Waals surface area (Å²) in [5, 5.41) is 3.22. The standard InChI is InChI=1S/C15H23NO3S/c1-5-13-8-6-7-11(2)14(13)16-12(3)15(17)19-9-10-20(4)18/h6-8,12,16H,5,9-10H2,1-4H3. The average Bonchev–Trinajstić information content (AvgIpc) is 2.40. The van der Waals surface area contributed by atoms with Gasteiger partial charge < -0.3 is 10.1 Å². The topological polar surface area (TPSA) is 55.4 Å². The first kappa shape index (κ1) is 16.7. The normalized spacial score (nSPS) is 13.6. The van der Waals surface area contributed by atoms with Gasteiger partial charge in [0, 0.05) is 22.7 Å². The zero-order valence-electron chi connectivity index (χ0n) is 12.6. The lowest BCUT2D eigenvalue weighted by atomic mass is 10.1. The lowest BCUT2D eigenvalue weighted by molar-refractivity contribution is -0.143. The van der Waals surface area contributed by atoms with Crippen LogP contribution in [0, 0.1) is 6.92 Å². The monoisotopic (exact) mass is 297 g/mol. The molecule has 0 fully saturated rings. The number of nitrogens with one attached hydrogen (secondary N) is 1. The van der Waals surface area contributed by atoms with Crippen molar-refractivity contribution in [2.24, 2.45) is 0 Å². The summed E-state index contributed by atoms with van der Waals surface area (Å²) in [4.78, 5) is 11.9. The SMILES string of the molecule is CCc1cccc(C)c1NC(C)C(=O)OCCS(C)=O. The maximum Gasteiger partial charge on any atom is 0.328 e. The number of esters is 1. The highest BCUT2D eigenvalue weighted by atomic mass is 32.2. The number of carbonyl (C=O) groups is 1. The van der Waals surface area contributed by atoms with E-state index in [0.29, 0.717) is 5.75 Å². The molecule has 1 aromatic carbocycles. The molecule has 20 heavy (non-hydrogen) atoms. The number of hydrogen-bond acceptors (Lipinski definition) is 4. The van der Waals surface area contributed by atoms with Crippen molar-refractivity contribution >= 4 is 22.5 Å². The van der Waals surface area contributed by atoms with Crippen LogP contribution in [0.25, 0.3) is 0 Å². The van der Waals surface area contributed by atoms with Crippen LogP contribution in [0.3, 0.4) is 0 Å². The fourth-order valence-corrected chi connectivity index (χ4v) is 2.21. The second-order valence-electron chi connectivity index (χ2n) is 4.77. The van der Waals surface area contributed by atoms with Gasteiger partial charge in [-0.05, 0) is 31.4 Å². The highest BCUT2D eigenvalue weighted by Crippen LogP contribution is 2.22. The number of para-hydroxylation sites is 1. The van der Waals surface area contributed by atoms with Crippen molar-refractivity contribution in [3.05, 3.63) is 29.3 Å². The van der Waals surface area contributed by atoms with Gasteiger partial charge >= 0.3 is 5.97 Å². The predicted octanol–water partition coefficient (Wildman–Crippen LogP) is 2.28. The van der Waals surface area contributed by atoms with Gasteiger partial charge in [0.1, 0.15) is 12.6 Å². The second-order valence-corrected chi connectivity index (χ2v) is 6.33. The minimum atomic E-state index is -0.940. The van der Waals surface area contributed by atoms with Gasteiger partial charge in [0.05, 0.1) is 5.75 Å². The van der Waals surface area contributed by atoms with Gasteiger partial charge in [-0.25, -0.2) is 4.79 Å². The summed E-state index contributed by atoms with van der Waals surface area (Å²) in [6.45, 7) is 6.07. The van der Waals surface area contributed by atoms with Crippen molar-refractivity contribution in [1.29, 1.82) is 0 Å². The summed E-state index contributed by atoms with van der Waals surface area (Å²) >= 11 is 0. The third-order valence-corrected chi connectivity index (χ3v) is 3.81. The van der Waals surface area contributed by atoms with E-state index in [1.165, 1.54) is 5.56 Å². The zero-order chi connectivity index (χ0) is 15.1. The number of aryl methyl sites for hydroxylation is 2. The summed E-state index contributed by atoms with van der Waals surface area (Å²) in [7, 11) is -0.940. The molecule has 0 aliphatic heterocycles. The van der Waals surface area contributed by atoms with Crippen molar-refractivity contribution in [3.8, 4) is 0 Å². The zero-order valence-corrected chi connectivity index (χ0v) is 13.4. The minimum Gasteiger partial charge on any atom is -0.463 e. The lowest BCUT2D eigenvalue weighted by Gasteiger charge is -2.18. The van der Waals surface area contributed by atoms with E-state index >= 15 is 0 Å². The second kappa shape index (κ2) is 8.04. The summed E-state index contributed by atoms with van der Waals surface area (Å²) in [6, 6.07) is 5.65. The number of carbonyl (C=O) groups excluding carboxylic acids is 1. The summed E-state index contributed by atoms with van der Waals surface area (Å²) in [5.74, 6) is 0.0593. The Hall–Kier alpha value is -1.36. The van der Waals surface area contributed by atoms with Crippen LogP contribution in [-0.2, 0) is 26.8 Å².